The number of hydrogen-bond acceptors (Lipinski definition) is 1. The topological polar surface area (TPSA) is 17.8 Å². The zero-order chi connectivity index (χ0) is 30.8. The summed E-state index contributed by atoms with van der Waals surface area (Å²) in [5.74, 6) is 0. The molecule has 0 spiro atoms. The van der Waals surface area contributed by atoms with E-state index < -0.39 is 0 Å². The summed E-state index contributed by atoms with van der Waals surface area (Å²) in [7, 11) is 0. The SMILES string of the molecule is CC1(C)c2ccccc2-c2c1ccc1c3ccccc3n(-c3ccc(-c4cc(-c5ccccc5)cc(-c5ccccc5)n4)cc3)c21. The second-order valence-corrected chi connectivity index (χ2v) is 12.8. The molecular formula is C44H32N2. The molecule has 8 aromatic rings. The third-order valence-corrected chi connectivity index (χ3v) is 9.80. The van der Waals surface area contributed by atoms with E-state index in [-0.39, 0.29) is 5.41 Å². The summed E-state index contributed by atoms with van der Waals surface area (Å²) >= 11 is 0. The molecule has 0 radical (unpaired) electrons. The molecule has 6 aromatic carbocycles. The highest BCUT2D eigenvalue weighted by Crippen LogP contribution is 2.52. The summed E-state index contributed by atoms with van der Waals surface area (Å²) in [4.78, 5) is 5.17. The summed E-state index contributed by atoms with van der Waals surface area (Å²) in [6, 6.07) is 56.8. The predicted octanol–water partition coefficient (Wildman–Crippen LogP) is 11.5. The number of nitrogens with zero attached hydrogens (tertiary/aromatic N) is 2. The number of aromatic nitrogens is 2. The van der Waals surface area contributed by atoms with Crippen LogP contribution in [0.2, 0.25) is 0 Å². The Bertz CT molecular complexity index is 2360. The van der Waals surface area contributed by atoms with Gasteiger partial charge in [0.2, 0.25) is 0 Å². The minimum atomic E-state index is -0.0584. The monoisotopic (exact) mass is 588 g/mol. The molecule has 2 heterocycles. The first-order chi connectivity index (χ1) is 22.6. The van der Waals surface area contributed by atoms with Gasteiger partial charge in [0.25, 0.3) is 0 Å². The van der Waals surface area contributed by atoms with Crippen LogP contribution >= 0.6 is 0 Å². The van der Waals surface area contributed by atoms with Crippen molar-refractivity contribution in [3.63, 3.8) is 0 Å². The van der Waals surface area contributed by atoms with Crippen LogP contribution in [0.15, 0.2) is 158 Å². The molecule has 0 saturated heterocycles. The van der Waals surface area contributed by atoms with Gasteiger partial charge in [-0.05, 0) is 58.1 Å². The maximum absolute atomic E-state index is 5.17. The van der Waals surface area contributed by atoms with E-state index in [0.717, 1.165) is 33.8 Å². The summed E-state index contributed by atoms with van der Waals surface area (Å²) in [5, 5.41) is 2.56. The van der Waals surface area contributed by atoms with Crippen molar-refractivity contribution in [1.29, 1.82) is 0 Å². The molecule has 46 heavy (non-hydrogen) atoms. The van der Waals surface area contributed by atoms with E-state index >= 15 is 0 Å². The van der Waals surface area contributed by atoms with Gasteiger partial charge < -0.3 is 4.57 Å². The van der Waals surface area contributed by atoms with Gasteiger partial charge in [-0.25, -0.2) is 4.98 Å². The van der Waals surface area contributed by atoms with Crippen molar-refractivity contribution in [2.75, 3.05) is 0 Å². The molecule has 218 valence electrons. The Morgan fingerprint density at radius 1 is 0.478 bits per heavy atom. The van der Waals surface area contributed by atoms with E-state index in [2.05, 4.69) is 170 Å². The summed E-state index contributed by atoms with van der Waals surface area (Å²) in [5.41, 5.74) is 15.5. The van der Waals surface area contributed by atoms with E-state index in [0.29, 0.717) is 0 Å². The molecule has 9 rings (SSSR count). The van der Waals surface area contributed by atoms with Crippen molar-refractivity contribution in [2.45, 2.75) is 19.3 Å². The lowest BCUT2D eigenvalue weighted by atomic mass is 9.82. The molecule has 0 atom stereocenters. The summed E-state index contributed by atoms with van der Waals surface area (Å²) < 4.78 is 2.47. The highest BCUT2D eigenvalue weighted by Gasteiger charge is 2.37. The molecule has 1 aliphatic rings. The molecule has 1 aliphatic carbocycles. The lowest BCUT2D eigenvalue weighted by molar-refractivity contribution is 0.661. The first-order valence-electron chi connectivity index (χ1n) is 16.0. The number of benzene rings is 6. The van der Waals surface area contributed by atoms with Gasteiger partial charge in [-0.2, -0.15) is 0 Å². The second kappa shape index (κ2) is 10.2. The van der Waals surface area contributed by atoms with Gasteiger partial charge in [0.05, 0.1) is 22.4 Å². The number of fused-ring (bicyclic) bond motifs is 7. The molecule has 0 unspecified atom stereocenters. The standard InChI is InChI=1S/C44H32N2/c1-44(2)37-19-11-9-18-36(37)42-38(44)26-25-35-34-17-10-12-20-41(34)46(43(35)42)33-23-21-31(22-24-33)40-28-32(29-13-5-3-6-14-29)27-39(45-40)30-15-7-4-8-16-30/h3-28H,1-2H3. The van der Waals surface area contributed by atoms with Crippen LogP contribution in [0.25, 0.3) is 72.3 Å². The van der Waals surface area contributed by atoms with Gasteiger partial charge in [-0.1, -0.05) is 141 Å². The Balaban J connectivity index is 1.24. The molecular weight excluding hydrogens is 556 g/mol. The van der Waals surface area contributed by atoms with Gasteiger partial charge in [-0.15, -0.1) is 0 Å². The molecule has 0 bridgehead atoms. The van der Waals surface area contributed by atoms with Crippen molar-refractivity contribution in [1.82, 2.24) is 9.55 Å². The predicted molar refractivity (Wildman–Crippen MR) is 192 cm³/mol. The van der Waals surface area contributed by atoms with E-state index in [1.165, 1.54) is 49.6 Å². The molecule has 0 aliphatic heterocycles. The Kier molecular flexibility index (Phi) is 5.88. The van der Waals surface area contributed by atoms with E-state index in [1.54, 1.807) is 0 Å². The highest BCUT2D eigenvalue weighted by atomic mass is 15.0. The maximum Gasteiger partial charge on any atom is 0.0715 e. The van der Waals surface area contributed by atoms with E-state index in [4.69, 9.17) is 4.98 Å². The Hall–Kier alpha value is -5.73. The molecule has 0 amide bonds. The summed E-state index contributed by atoms with van der Waals surface area (Å²) in [6.07, 6.45) is 0. The van der Waals surface area contributed by atoms with Gasteiger partial charge in [0.15, 0.2) is 0 Å². The third-order valence-electron chi connectivity index (χ3n) is 9.80. The Morgan fingerprint density at radius 2 is 1.09 bits per heavy atom. The average Bonchev–Trinajstić information content (AvgIpc) is 3.58. The minimum absolute atomic E-state index is 0.0584. The fraction of sp³-hybridized carbons (Fsp3) is 0.0682. The van der Waals surface area contributed by atoms with Crippen molar-refractivity contribution in [3.8, 4) is 50.5 Å². The molecule has 0 fully saturated rings. The van der Waals surface area contributed by atoms with Crippen LogP contribution in [0, 0.1) is 0 Å². The molecule has 2 nitrogen and oxygen atoms in total. The largest absolute Gasteiger partial charge is 0.309 e. The number of para-hydroxylation sites is 1. The van der Waals surface area contributed by atoms with Crippen molar-refractivity contribution in [2.24, 2.45) is 0 Å². The maximum atomic E-state index is 5.17. The van der Waals surface area contributed by atoms with Crippen molar-refractivity contribution < 1.29 is 0 Å². The van der Waals surface area contributed by atoms with E-state index in [1.807, 2.05) is 6.07 Å². The average molecular weight is 589 g/mol. The molecule has 0 saturated carbocycles. The molecule has 2 heteroatoms. The first kappa shape index (κ1) is 26.7. The number of hydrogen-bond donors (Lipinski definition) is 0. The fourth-order valence-electron chi connectivity index (χ4n) is 7.52. The smallest absolute Gasteiger partial charge is 0.0715 e. The lowest BCUT2D eigenvalue weighted by Gasteiger charge is -2.21. The normalized spacial score (nSPS) is 13.2. The minimum Gasteiger partial charge on any atom is -0.309 e. The molecule has 2 aromatic heterocycles. The number of pyridine rings is 1. The molecule has 0 N–H and O–H groups in total. The van der Waals surface area contributed by atoms with Crippen LogP contribution < -0.4 is 0 Å². The zero-order valence-corrected chi connectivity index (χ0v) is 25.9. The van der Waals surface area contributed by atoms with Crippen LogP contribution in [0.4, 0.5) is 0 Å². The van der Waals surface area contributed by atoms with E-state index in [9.17, 15) is 0 Å². The van der Waals surface area contributed by atoms with Gasteiger partial charge >= 0.3 is 0 Å². The Labute approximate surface area is 269 Å². The zero-order valence-electron chi connectivity index (χ0n) is 25.9. The van der Waals surface area contributed by atoms with Gasteiger partial charge in [-0.3, -0.25) is 0 Å². The summed E-state index contributed by atoms with van der Waals surface area (Å²) in [6.45, 7) is 4.71. The van der Waals surface area contributed by atoms with Gasteiger partial charge in [0, 0.05) is 38.6 Å². The lowest BCUT2D eigenvalue weighted by Crippen LogP contribution is -2.14. The van der Waals surface area contributed by atoms with Crippen molar-refractivity contribution in [3.05, 3.63) is 169 Å². The van der Waals surface area contributed by atoms with Crippen LogP contribution in [-0.2, 0) is 5.41 Å². The van der Waals surface area contributed by atoms with Crippen LogP contribution in [-0.4, -0.2) is 9.55 Å². The fourth-order valence-corrected chi connectivity index (χ4v) is 7.52. The van der Waals surface area contributed by atoms with Crippen LogP contribution in [0.3, 0.4) is 0 Å². The van der Waals surface area contributed by atoms with Crippen LogP contribution in [0.5, 0.6) is 0 Å². The van der Waals surface area contributed by atoms with Crippen LogP contribution in [0.1, 0.15) is 25.0 Å². The highest BCUT2D eigenvalue weighted by molar-refractivity contribution is 6.15. The number of rotatable bonds is 4. The van der Waals surface area contributed by atoms with Gasteiger partial charge in [0.1, 0.15) is 0 Å². The second-order valence-electron chi connectivity index (χ2n) is 12.8. The van der Waals surface area contributed by atoms with Crippen molar-refractivity contribution >= 4 is 21.8 Å². The quantitative estimate of drug-likeness (QED) is 0.200. The first-order valence-corrected chi connectivity index (χ1v) is 16.0. The third kappa shape index (κ3) is 4.00. The Morgan fingerprint density at radius 3 is 1.83 bits per heavy atom.